The molecule has 0 bridgehead atoms. The van der Waals surface area contributed by atoms with Crippen molar-refractivity contribution in [3.8, 4) is 0 Å². The summed E-state index contributed by atoms with van der Waals surface area (Å²) in [5, 5.41) is 0. The van der Waals surface area contributed by atoms with Gasteiger partial charge in [0.1, 0.15) is 5.82 Å². The van der Waals surface area contributed by atoms with Gasteiger partial charge in [0.05, 0.1) is 12.6 Å². The van der Waals surface area contributed by atoms with Gasteiger partial charge in [-0.2, -0.15) is 5.48 Å². The van der Waals surface area contributed by atoms with Gasteiger partial charge in [0.25, 0.3) is 0 Å². The first-order chi connectivity index (χ1) is 6.24. The van der Waals surface area contributed by atoms with Crippen LogP contribution in [0.2, 0.25) is 0 Å². The van der Waals surface area contributed by atoms with Gasteiger partial charge in [-0.25, -0.2) is 4.39 Å². The zero-order chi connectivity index (χ0) is 9.68. The van der Waals surface area contributed by atoms with Gasteiger partial charge in [-0.3, -0.25) is 0 Å². The summed E-state index contributed by atoms with van der Waals surface area (Å²) in [6, 6.07) is 6.46. The number of benzene rings is 1. The monoisotopic (exact) mass is 183 g/mol. The van der Waals surface area contributed by atoms with Gasteiger partial charge >= 0.3 is 0 Å². The van der Waals surface area contributed by atoms with Crippen molar-refractivity contribution in [3.63, 3.8) is 0 Å². The van der Waals surface area contributed by atoms with Gasteiger partial charge in [0.15, 0.2) is 0 Å². The highest BCUT2D eigenvalue weighted by molar-refractivity contribution is 5.18. The van der Waals surface area contributed by atoms with Crippen LogP contribution in [-0.4, -0.2) is 6.61 Å². The quantitative estimate of drug-likeness (QED) is 0.724. The smallest absolute Gasteiger partial charge is 0.123 e. The number of rotatable bonds is 4. The third kappa shape index (κ3) is 3.13. The summed E-state index contributed by atoms with van der Waals surface area (Å²) in [6.07, 6.45) is 0. The first-order valence-corrected chi connectivity index (χ1v) is 4.36. The fraction of sp³-hybridized carbons (Fsp3) is 0.400. The average Bonchev–Trinajstić information content (AvgIpc) is 2.15. The van der Waals surface area contributed by atoms with E-state index in [0.29, 0.717) is 6.61 Å². The fourth-order valence-electron chi connectivity index (χ4n) is 1.03. The van der Waals surface area contributed by atoms with Crippen LogP contribution in [0.1, 0.15) is 25.5 Å². The summed E-state index contributed by atoms with van der Waals surface area (Å²) in [7, 11) is 0. The second-order valence-corrected chi connectivity index (χ2v) is 2.82. The highest BCUT2D eigenvalue weighted by atomic mass is 19.1. The highest BCUT2D eigenvalue weighted by Gasteiger charge is 2.03. The van der Waals surface area contributed by atoms with E-state index in [1.54, 1.807) is 12.1 Å². The zero-order valence-electron chi connectivity index (χ0n) is 7.88. The molecule has 1 N–H and O–H groups in total. The molecule has 1 aromatic rings. The van der Waals surface area contributed by atoms with Crippen molar-refractivity contribution in [2.24, 2.45) is 0 Å². The maximum atomic E-state index is 12.6. The van der Waals surface area contributed by atoms with Crippen LogP contribution in [-0.2, 0) is 4.84 Å². The molecule has 1 rings (SSSR count). The molecule has 0 radical (unpaired) electrons. The Bertz CT molecular complexity index is 248. The summed E-state index contributed by atoms with van der Waals surface area (Å²) in [4.78, 5) is 5.04. The Balaban J connectivity index is 2.55. The van der Waals surface area contributed by atoms with Crippen LogP contribution in [0.3, 0.4) is 0 Å². The van der Waals surface area contributed by atoms with E-state index in [1.165, 1.54) is 12.1 Å². The fourth-order valence-corrected chi connectivity index (χ4v) is 1.03. The van der Waals surface area contributed by atoms with E-state index in [-0.39, 0.29) is 11.9 Å². The third-order valence-electron chi connectivity index (χ3n) is 1.77. The Morgan fingerprint density at radius 2 is 2.00 bits per heavy atom. The molecule has 0 fully saturated rings. The van der Waals surface area contributed by atoms with Crippen LogP contribution in [0, 0.1) is 5.82 Å². The average molecular weight is 183 g/mol. The van der Waals surface area contributed by atoms with Crippen molar-refractivity contribution in [3.05, 3.63) is 35.6 Å². The molecule has 2 nitrogen and oxygen atoms in total. The first-order valence-electron chi connectivity index (χ1n) is 4.36. The number of nitrogens with one attached hydrogen (secondary N) is 1. The van der Waals surface area contributed by atoms with Crippen molar-refractivity contribution in [1.29, 1.82) is 0 Å². The Morgan fingerprint density at radius 3 is 2.54 bits per heavy atom. The van der Waals surface area contributed by atoms with E-state index in [4.69, 9.17) is 4.84 Å². The largest absolute Gasteiger partial charge is 0.302 e. The molecule has 0 aliphatic rings. The maximum Gasteiger partial charge on any atom is 0.123 e. The van der Waals surface area contributed by atoms with Crippen molar-refractivity contribution in [1.82, 2.24) is 5.48 Å². The number of halogens is 1. The molecule has 0 aromatic heterocycles. The van der Waals surface area contributed by atoms with Gasteiger partial charge in [-0.05, 0) is 31.5 Å². The predicted molar refractivity (Wildman–Crippen MR) is 49.6 cm³/mol. The molecule has 0 aliphatic heterocycles. The van der Waals surface area contributed by atoms with E-state index in [1.807, 2.05) is 13.8 Å². The van der Waals surface area contributed by atoms with Crippen molar-refractivity contribution < 1.29 is 9.23 Å². The van der Waals surface area contributed by atoms with Gasteiger partial charge < -0.3 is 4.84 Å². The van der Waals surface area contributed by atoms with Crippen LogP contribution in [0.5, 0.6) is 0 Å². The second-order valence-electron chi connectivity index (χ2n) is 2.82. The molecular formula is C10H14FNO. The summed E-state index contributed by atoms with van der Waals surface area (Å²) in [5.41, 5.74) is 3.85. The molecule has 1 atom stereocenters. The lowest BCUT2D eigenvalue weighted by atomic mass is 10.1. The van der Waals surface area contributed by atoms with E-state index >= 15 is 0 Å². The van der Waals surface area contributed by atoms with E-state index in [2.05, 4.69) is 5.48 Å². The first kappa shape index (κ1) is 10.2. The SMILES string of the molecule is CCONC(C)c1ccc(F)cc1. The van der Waals surface area contributed by atoms with Gasteiger partial charge in [0.2, 0.25) is 0 Å². The topological polar surface area (TPSA) is 21.3 Å². The minimum Gasteiger partial charge on any atom is -0.302 e. The van der Waals surface area contributed by atoms with E-state index in [0.717, 1.165) is 5.56 Å². The molecule has 1 aromatic carbocycles. The lowest BCUT2D eigenvalue weighted by Crippen LogP contribution is -2.18. The van der Waals surface area contributed by atoms with Crippen molar-refractivity contribution in [2.75, 3.05) is 6.61 Å². The van der Waals surface area contributed by atoms with E-state index < -0.39 is 0 Å². The Morgan fingerprint density at radius 1 is 1.38 bits per heavy atom. The maximum absolute atomic E-state index is 12.6. The highest BCUT2D eigenvalue weighted by Crippen LogP contribution is 2.12. The molecular weight excluding hydrogens is 169 g/mol. The van der Waals surface area contributed by atoms with Gasteiger partial charge in [0, 0.05) is 0 Å². The number of hydrogen-bond donors (Lipinski definition) is 1. The lowest BCUT2D eigenvalue weighted by molar-refractivity contribution is 0.0285. The summed E-state index contributed by atoms with van der Waals surface area (Å²) < 4.78 is 12.6. The summed E-state index contributed by atoms with van der Waals surface area (Å²) in [5.74, 6) is -0.215. The van der Waals surface area contributed by atoms with Crippen LogP contribution in [0.4, 0.5) is 4.39 Å². The van der Waals surface area contributed by atoms with Crippen molar-refractivity contribution >= 4 is 0 Å². The Hall–Kier alpha value is -0.930. The molecule has 13 heavy (non-hydrogen) atoms. The standard InChI is InChI=1S/C10H14FNO/c1-3-13-12-8(2)9-4-6-10(11)7-5-9/h4-8,12H,3H2,1-2H3. The van der Waals surface area contributed by atoms with Crippen molar-refractivity contribution in [2.45, 2.75) is 19.9 Å². The lowest BCUT2D eigenvalue weighted by Gasteiger charge is -2.12. The van der Waals surface area contributed by atoms with Gasteiger partial charge in [-0.1, -0.05) is 12.1 Å². The number of hydrogen-bond acceptors (Lipinski definition) is 2. The molecule has 72 valence electrons. The molecule has 0 saturated carbocycles. The number of hydroxylamine groups is 1. The molecule has 0 aliphatic carbocycles. The summed E-state index contributed by atoms with van der Waals surface area (Å²) in [6.45, 7) is 4.48. The normalized spacial score (nSPS) is 12.8. The molecule has 0 amide bonds. The summed E-state index contributed by atoms with van der Waals surface area (Å²) >= 11 is 0. The molecule has 0 spiro atoms. The minimum absolute atomic E-state index is 0.0838. The molecule has 0 heterocycles. The minimum atomic E-state index is -0.215. The van der Waals surface area contributed by atoms with Crippen LogP contribution < -0.4 is 5.48 Å². The van der Waals surface area contributed by atoms with Crippen LogP contribution >= 0.6 is 0 Å². The molecule has 1 unspecified atom stereocenters. The molecule has 0 saturated heterocycles. The van der Waals surface area contributed by atoms with Crippen LogP contribution in [0.25, 0.3) is 0 Å². The second kappa shape index (κ2) is 4.94. The Labute approximate surface area is 77.7 Å². The van der Waals surface area contributed by atoms with Gasteiger partial charge in [-0.15, -0.1) is 0 Å². The zero-order valence-corrected chi connectivity index (χ0v) is 7.88. The predicted octanol–water partition coefficient (Wildman–Crippen LogP) is 2.43. The van der Waals surface area contributed by atoms with E-state index in [9.17, 15) is 4.39 Å². The molecule has 3 heteroatoms. The third-order valence-corrected chi connectivity index (χ3v) is 1.77. The Kier molecular flexibility index (Phi) is 3.86. The van der Waals surface area contributed by atoms with Crippen LogP contribution in [0.15, 0.2) is 24.3 Å².